The number of carbonyl (C=O) groups is 1. The number of ether oxygens (including phenoxy) is 2. The van der Waals surface area contributed by atoms with Crippen LogP contribution in [0.25, 0.3) is 0 Å². The first kappa shape index (κ1) is 8.81. The molecule has 0 spiro atoms. The Kier molecular flexibility index (Phi) is 3.32. The molecule has 0 radical (unpaired) electrons. The minimum Gasteiger partial charge on any atom is -0.616 e. The van der Waals surface area contributed by atoms with Gasteiger partial charge in [0, 0.05) is 0 Å². The largest absolute Gasteiger partial charge is 0.616 e. The van der Waals surface area contributed by atoms with Crippen LogP contribution in [0.15, 0.2) is 11.5 Å². The lowest BCUT2D eigenvalue weighted by Gasteiger charge is -2.11. The number of methoxy groups -OCH3 is 2. The lowest BCUT2D eigenvalue weighted by Crippen LogP contribution is -2.14. The molecule has 0 saturated heterocycles. The average Bonchev–Trinajstić information content (AvgIpc) is 2.00. The van der Waals surface area contributed by atoms with Crippen molar-refractivity contribution in [2.24, 2.45) is 0 Å². The van der Waals surface area contributed by atoms with Crippen LogP contribution < -0.4 is 5.11 Å². The molecule has 0 aliphatic rings. The van der Waals surface area contributed by atoms with Gasteiger partial charge in [-0.25, -0.2) is 4.79 Å². The SMILES string of the molecule is COC(=O)/C(C)=C(\[O-])OC. The molecule has 0 fully saturated rings. The van der Waals surface area contributed by atoms with Crippen LogP contribution in [-0.4, -0.2) is 20.2 Å². The van der Waals surface area contributed by atoms with Crippen molar-refractivity contribution in [1.29, 1.82) is 0 Å². The fourth-order valence-corrected chi connectivity index (χ4v) is 0.390. The van der Waals surface area contributed by atoms with Crippen LogP contribution in [0.3, 0.4) is 0 Å². The third-order valence-corrected chi connectivity index (χ3v) is 0.983. The van der Waals surface area contributed by atoms with Gasteiger partial charge in [-0.05, 0) is 14.0 Å². The Balaban J connectivity index is 4.30. The van der Waals surface area contributed by atoms with Crippen LogP contribution in [0.4, 0.5) is 0 Å². The van der Waals surface area contributed by atoms with Crippen LogP contribution in [0, 0.1) is 0 Å². The second-order valence-electron chi connectivity index (χ2n) is 1.61. The summed E-state index contributed by atoms with van der Waals surface area (Å²) >= 11 is 0. The Morgan fingerprint density at radius 3 is 2.10 bits per heavy atom. The average molecular weight is 145 g/mol. The van der Waals surface area contributed by atoms with E-state index in [4.69, 9.17) is 0 Å². The number of esters is 1. The second kappa shape index (κ2) is 3.76. The molecule has 0 N–H and O–H groups in total. The van der Waals surface area contributed by atoms with Gasteiger partial charge in [-0.15, -0.1) is 0 Å². The minimum absolute atomic E-state index is 0.0509. The van der Waals surface area contributed by atoms with Gasteiger partial charge in [0.25, 0.3) is 0 Å². The molecule has 0 aliphatic heterocycles. The fraction of sp³-hybridized carbons (Fsp3) is 0.500. The van der Waals surface area contributed by atoms with Crippen molar-refractivity contribution in [3.05, 3.63) is 11.5 Å². The topological polar surface area (TPSA) is 58.6 Å². The molecule has 0 heterocycles. The molecule has 0 unspecified atom stereocenters. The van der Waals surface area contributed by atoms with Gasteiger partial charge >= 0.3 is 5.97 Å². The van der Waals surface area contributed by atoms with Gasteiger partial charge in [-0.1, -0.05) is 0 Å². The monoisotopic (exact) mass is 145 g/mol. The van der Waals surface area contributed by atoms with Crippen molar-refractivity contribution in [2.45, 2.75) is 6.92 Å². The van der Waals surface area contributed by atoms with Gasteiger partial charge < -0.3 is 14.6 Å². The molecular weight excluding hydrogens is 136 g/mol. The summed E-state index contributed by atoms with van der Waals surface area (Å²) < 4.78 is 8.52. The molecule has 58 valence electrons. The molecule has 0 aliphatic carbocycles. The summed E-state index contributed by atoms with van der Waals surface area (Å²) in [5.41, 5.74) is -0.0509. The maximum absolute atomic E-state index is 10.6. The quantitative estimate of drug-likeness (QED) is 0.295. The van der Waals surface area contributed by atoms with Gasteiger partial charge in [-0.2, -0.15) is 0 Å². The fourth-order valence-electron chi connectivity index (χ4n) is 0.390. The van der Waals surface area contributed by atoms with E-state index in [1.54, 1.807) is 0 Å². The summed E-state index contributed by atoms with van der Waals surface area (Å²) in [6.45, 7) is 1.34. The van der Waals surface area contributed by atoms with E-state index in [2.05, 4.69) is 9.47 Å². The minimum atomic E-state index is -0.660. The zero-order valence-corrected chi connectivity index (χ0v) is 6.13. The summed E-state index contributed by atoms with van der Waals surface area (Å²) in [5.74, 6) is -1.32. The summed E-state index contributed by atoms with van der Waals surface area (Å²) in [6.07, 6.45) is 0. The lowest BCUT2D eigenvalue weighted by atomic mass is 10.3. The van der Waals surface area contributed by atoms with Crippen molar-refractivity contribution in [2.75, 3.05) is 14.2 Å². The molecule has 0 bridgehead atoms. The van der Waals surface area contributed by atoms with Crippen LogP contribution in [0.1, 0.15) is 6.92 Å². The zero-order chi connectivity index (χ0) is 8.15. The molecule has 4 nitrogen and oxygen atoms in total. The highest BCUT2D eigenvalue weighted by molar-refractivity contribution is 5.87. The van der Waals surface area contributed by atoms with Gasteiger partial charge in [0.2, 0.25) is 0 Å². The number of hydrogen-bond acceptors (Lipinski definition) is 4. The van der Waals surface area contributed by atoms with E-state index >= 15 is 0 Å². The van der Waals surface area contributed by atoms with E-state index < -0.39 is 11.9 Å². The summed E-state index contributed by atoms with van der Waals surface area (Å²) in [4.78, 5) is 10.6. The maximum atomic E-state index is 10.6. The Morgan fingerprint density at radius 2 is 1.80 bits per heavy atom. The predicted molar refractivity (Wildman–Crippen MR) is 31.7 cm³/mol. The van der Waals surface area contributed by atoms with Crippen LogP contribution >= 0.6 is 0 Å². The Bertz CT molecular complexity index is 159. The molecule has 10 heavy (non-hydrogen) atoms. The predicted octanol–water partition coefficient (Wildman–Crippen LogP) is -0.602. The summed E-state index contributed by atoms with van der Waals surface area (Å²) in [7, 11) is 2.41. The first-order valence-electron chi connectivity index (χ1n) is 2.63. The van der Waals surface area contributed by atoms with E-state index in [-0.39, 0.29) is 5.57 Å². The van der Waals surface area contributed by atoms with Crippen molar-refractivity contribution in [3.63, 3.8) is 0 Å². The molecule has 0 amide bonds. The van der Waals surface area contributed by atoms with Crippen molar-refractivity contribution in [1.82, 2.24) is 0 Å². The molecular formula is C6H9O4-. The highest BCUT2D eigenvalue weighted by Gasteiger charge is 2.03. The van der Waals surface area contributed by atoms with E-state index in [1.807, 2.05) is 0 Å². The molecule has 0 aromatic heterocycles. The maximum Gasteiger partial charge on any atom is 0.335 e. The van der Waals surface area contributed by atoms with E-state index in [9.17, 15) is 9.90 Å². The van der Waals surface area contributed by atoms with Gasteiger partial charge in [0.15, 0.2) is 0 Å². The third-order valence-electron chi connectivity index (χ3n) is 0.983. The number of carbonyl (C=O) groups excluding carboxylic acids is 1. The van der Waals surface area contributed by atoms with E-state index in [0.29, 0.717) is 0 Å². The Morgan fingerprint density at radius 1 is 1.30 bits per heavy atom. The van der Waals surface area contributed by atoms with Gasteiger partial charge in [0.05, 0.1) is 18.6 Å². The normalized spacial score (nSPS) is 11.9. The number of rotatable bonds is 2. The van der Waals surface area contributed by atoms with Gasteiger partial charge in [0.1, 0.15) is 0 Å². The molecule has 4 heteroatoms. The van der Waals surface area contributed by atoms with Crippen molar-refractivity contribution < 1.29 is 19.4 Å². The van der Waals surface area contributed by atoms with Crippen LogP contribution in [0.5, 0.6) is 0 Å². The molecule has 0 rings (SSSR count). The van der Waals surface area contributed by atoms with Crippen molar-refractivity contribution in [3.8, 4) is 0 Å². The smallest absolute Gasteiger partial charge is 0.335 e. The van der Waals surface area contributed by atoms with E-state index in [1.165, 1.54) is 21.1 Å². The van der Waals surface area contributed by atoms with Crippen LogP contribution in [0.2, 0.25) is 0 Å². The highest BCUT2D eigenvalue weighted by Crippen LogP contribution is 1.99. The number of hydrogen-bond donors (Lipinski definition) is 0. The van der Waals surface area contributed by atoms with Gasteiger partial charge in [-0.3, -0.25) is 0 Å². The molecule has 0 saturated carbocycles. The Hall–Kier alpha value is -1.19. The van der Waals surface area contributed by atoms with E-state index in [0.717, 1.165) is 0 Å². The first-order chi connectivity index (χ1) is 4.63. The third kappa shape index (κ3) is 1.97. The molecule has 0 aromatic rings. The Labute approximate surface area is 59.1 Å². The second-order valence-corrected chi connectivity index (χ2v) is 1.61. The van der Waals surface area contributed by atoms with Crippen LogP contribution in [-0.2, 0) is 14.3 Å². The standard InChI is InChI=1S/C6H10O4/c1-4(5(7)9-2)6(8)10-3/h7H,1-3H3/p-1/b5-4+. The zero-order valence-electron chi connectivity index (χ0n) is 6.13. The molecule has 0 aromatic carbocycles. The van der Waals surface area contributed by atoms with Crippen molar-refractivity contribution >= 4 is 5.97 Å². The first-order valence-corrected chi connectivity index (χ1v) is 2.63. The summed E-state index contributed by atoms with van der Waals surface area (Å²) in [5, 5.41) is 10.6. The summed E-state index contributed by atoms with van der Waals surface area (Å²) in [6, 6.07) is 0. The lowest BCUT2D eigenvalue weighted by molar-refractivity contribution is -0.354. The highest BCUT2D eigenvalue weighted by atomic mass is 16.6. The molecule has 0 atom stereocenters.